The zero-order valence-corrected chi connectivity index (χ0v) is 12.6. The molecule has 1 amide bonds. The van der Waals surface area contributed by atoms with Crippen molar-refractivity contribution in [2.75, 3.05) is 18.5 Å². The molecule has 0 spiro atoms. The summed E-state index contributed by atoms with van der Waals surface area (Å²) in [6.07, 6.45) is 0.733. The molecule has 4 nitrogen and oxygen atoms in total. The van der Waals surface area contributed by atoms with Crippen LogP contribution < -0.4 is 14.8 Å². The minimum atomic E-state index is -0.833. The number of nitrogens with one attached hydrogen (secondary N) is 1. The van der Waals surface area contributed by atoms with Gasteiger partial charge in [0, 0.05) is 30.2 Å². The maximum Gasteiger partial charge on any atom is 0.255 e. The number of hydrogen-bond acceptors (Lipinski definition) is 3. The summed E-state index contributed by atoms with van der Waals surface area (Å²) in [7, 11) is 0. The molecule has 1 aliphatic heterocycles. The molecular weight excluding hydrogens is 328 g/mol. The van der Waals surface area contributed by atoms with Crippen molar-refractivity contribution < 1.29 is 23.0 Å². The highest BCUT2D eigenvalue weighted by Crippen LogP contribution is 2.37. The molecule has 0 unspecified atom stereocenters. The topological polar surface area (TPSA) is 47.6 Å². The fourth-order valence-corrected chi connectivity index (χ4v) is 2.36. The van der Waals surface area contributed by atoms with Crippen molar-refractivity contribution in [3.63, 3.8) is 0 Å². The molecular formula is C16H12ClF2NO3. The molecule has 7 heteroatoms. The number of amides is 1. The summed E-state index contributed by atoms with van der Waals surface area (Å²) in [6, 6.07) is 5.63. The van der Waals surface area contributed by atoms with E-state index >= 15 is 0 Å². The highest BCUT2D eigenvalue weighted by Gasteiger charge is 2.17. The largest absolute Gasteiger partial charge is 0.490 e. The van der Waals surface area contributed by atoms with E-state index in [2.05, 4.69) is 5.32 Å². The number of fused-ring (bicyclic) bond motifs is 1. The minimum Gasteiger partial charge on any atom is -0.490 e. The highest BCUT2D eigenvalue weighted by atomic mass is 35.5. The van der Waals surface area contributed by atoms with Crippen molar-refractivity contribution >= 4 is 23.2 Å². The Bertz CT molecular complexity index is 747. The summed E-state index contributed by atoms with van der Waals surface area (Å²) in [4.78, 5) is 12.1. The molecule has 0 saturated heterocycles. The van der Waals surface area contributed by atoms with Crippen molar-refractivity contribution in [3.05, 3.63) is 52.6 Å². The molecule has 23 heavy (non-hydrogen) atoms. The number of carbonyl (C=O) groups excluding carboxylic acids is 1. The van der Waals surface area contributed by atoms with Crippen LogP contribution in [0.4, 0.5) is 14.5 Å². The van der Waals surface area contributed by atoms with Gasteiger partial charge in [-0.2, -0.15) is 0 Å². The average molecular weight is 340 g/mol. The predicted octanol–water partition coefficient (Wildman–Crippen LogP) is 4.03. The number of anilines is 1. The molecule has 2 aromatic rings. The molecule has 0 fully saturated rings. The Labute approximate surface area is 136 Å². The van der Waals surface area contributed by atoms with Crippen molar-refractivity contribution in [2.24, 2.45) is 0 Å². The Balaban J connectivity index is 1.87. The first-order valence-electron chi connectivity index (χ1n) is 6.89. The fourth-order valence-electron chi connectivity index (χ4n) is 2.16. The number of carbonyl (C=O) groups is 1. The predicted molar refractivity (Wildman–Crippen MR) is 81.4 cm³/mol. The first kappa shape index (κ1) is 15.6. The van der Waals surface area contributed by atoms with Crippen molar-refractivity contribution in [1.82, 2.24) is 0 Å². The van der Waals surface area contributed by atoms with Crippen LogP contribution in [-0.2, 0) is 0 Å². The number of benzene rings is 2. The Morgan fingerprint density at radius 2 is 1.61 bits per heavy atom. The third kappa shape index (κ3) is 3.53. The summed E-state index contributed by atoms with van der Waals surface area (Å²) in [6.45, 7) is 0.995. The van der Waals surface area contributed by atoms with Crippen LogP contribution in [0.3, 0.4) is 0 Å². The zero-order chi connectivity index (χ0) is 16.4. The van der Waals surface area contributed by atoms with Gasteiger partial charge in [0.05, 0.1) is 23.9 Å². The smallest absolute Gasteiger partial charge is 0.255 e. The average Bonchev–Trinajstić information content (AvgIpc) is 2.71. The Kier molecular flexibility index (Phi) is 4.34. The second-order valence-electron chi connectivity index (χ2n) is 4.94. The van der Waals surface area contributed by atoms with Crippen LogP contribution in [-0.4, -0.2) is 19.1 Å². The van der Waals surface area contributed by atoms with Gasteiger partial charge in [0.1, 0.15) is 11.6 Å². The van der Waals surface area contributed by atoms with E-state index in [0.717, 1.165) is 18.6 Å². The molecule has 1 N–H and O–H groups in total. The van der Waals surface area contributed by atoms with Crippen molar-refractivity contribution in [2.45, 2.75) is 6.42 Å². The van der Waals surface area contributed by atoms with Gasteiger partial charge < -0.3 is 14.8 Å². The molecule has 0 saturated carbocycles. The van der Waals surface area contributed by atoms with Crippen LogP contribution in [0.25, 0.3) is 0 Å². The second kappa shape index (κ2) is 6.42. The van der Waals surface area contributed by atoms with Gasteiger partial charge in [-0.15, -0.1) is 0 Å². The van der Waals surface area contributed by atoms with Gasteiger partial charge in [-0.25, -0.2) is 8.78 Å². The number of rotatable bonds is 2. The summed E-state index contributed by atoms with van der Waals surface area (Å²) in [5, 5.41) is 2.75. The Morgan fingerprint density at radius 1 is 1.00 bits per heavy atom. The van der Waals surface area contributed by atoms with Gasteiger partial charge in [-0.1, -0.05) is 11.6 Å². The molecule has 1 aliphatic rings. The van der Waals surface area contributed by atoms with Gasteiger partial charge in [0.25, 0.3) is 5.91 Å². The minimum absolute atomic E-state index is 0.148. The quantitative estimate of drug-likeness (QED) is 0.898. The van der Waals surface area contributed by atoms with E-state index in [4.69, 9.17) is 21.1 Å². The fraction of sp³-hybridized carbons (Fsp3) is 0.188. The first-order valence-corrected chi connectivity index (χ1v) is 7.27. The van der Waals surface area contributed by atoms with Crippen molar-refractivity contribution in [1.29, 1.82) is 0 Å². The zero-order valence-electron chi connectivity index (χ0n) is 11.9. The van der Waals surface area contributed by atoms with Gasteiger partial charge in [0.15, 0.2) is 11.5 Å². The molecule has 120 valence electrons. The lowest BCUT2D eigenvalue weighted by Gasteiger charge is -2.12. The second-order valence-corrected chi connectivity index (χ2v) is 5.35. The molecule has 0 aromatic heterocycles. The molecule has 3 rings (SSSR count). The maximum atomic E-state index is 13.2. The van der Waals surface area contributed by atoms with Gasteiger partial charge in [-0.05, 0) is 12.1 Å². The Hall–Kier alpha value is -2.34. The number of halogens is 3. The van der Waals surface area contributed by atoms with Crippen LogP contribution in [0, 0.1) is 11.6 Å². The van der Waals surface area contributed by atoms with Gasteiger partial charge in [0.2, 0.25) is 0 Å². The molecule has 1 heterocycles. The molecule has 0 atom stereocenters. The molecule has 0 aliphatic carbocycles. The maximum absolute atomic E-state index is 13.2. The third-order valence-corrected chi connectivity index (χ3v) is 3.52. The van der Waals surface area contributed by atoms with E-state index in [-0.39, 0.29) is 16.3 Å². The molecule has 0 bridgehead atoms. The lowest BCUT2D eigenvalue weighted by Crippen LogP contribution is -2.13. The third-order valence-electron chi connectivity index (χ3n) is 3.21. The summed E-state index contributed by atoms with van der Waals surface area (Å²) in [5.41, 5.74) is 0.122. The summed E-state index contributed by atoms with van der Waals surface area (Å²) < 4.78 is 37.4. The number of ether oxygens (including phenoxy) is 2. The Morgan fingerprint density at radius 3 is 2.26 bits per heavy atom. The van der Waals surface area contributed by atoms with E-state index in [9.17, 15) is 13.6 Å². The van der Waals surface area contributed by atoms with Crippen LogP contribution >= 0.6 is 11.6 Å². The van der Waals surface area contributed by atoms with E-state index in [1.165, 1.54) is 12.1 Å². The van der Waals surface area contributed by atoms with Crippen LogP contribution in [0.15, 0.2) is 30.3 Å². The van der Waals surface area contributed by atoms with E-state index in [0.29, 0.717) is 30.8 Å². The highest BCUT2D eigenvalue weighted by molar-refractivity contribution is 6.34. The first-order chi connectivity index (χ1) is 11.0. The van der Waals surface area contributed by atoms with Crippen LogP contribution in [0.2, 0.25) is 5.02 Å². The van der Waals surface area contributed by atoms with Crippen LogP contribution in [0.1, 0.15) is 16.8 Å². The van der Waals surface area contributed by atoms with E-state index in [1.807, 2.05) is 0 Å². The van der Waals surface area contributed by atoms with Crippen molar-refractivity contribution in [3.8, 4) is 11.5 Å². The molecule has 2 aromatic carbocycles. The normalized spacial score (nSPS) is 13.3. The van der Waals surface area contributed by atoms with Crippen LogP contribution in [0.5, 0.6) is 11.5 Å². The van der Waals surface area contributed by atoms with E-state index in [1.54, 1.807) is 0 Å². The monoisotopic (exact) mass is 339 g/mol. The lowest BCUT2D eigenvalue weighted by atomic mass is 10.2. The summed E-state index contributed by atoms with van der Waals surface area (Å²) in [5.74, 6) is -1.41. The summed E-state index contributed by atoms with van der Waals surface area (Å²) >= 11 is 6.11. The van der Waals surface area contributed by atoms with Gasteiger partial charge >= 0.3 is 0 Å². The molecule has 0 radical (unpaired) electrons. The van der Waals surface area contributed by atoms with Gasteiger partial charge in [-0.3, -0.25) is 4.79 Å². The number of hydrogen-bond donors (Lipinski definition) is 1. The standard InChI is InChI=1S/C16H12ClF2NO3/c17-12-7-14-15(23-3-1-2-22-14)8-13(12)20-16(21)9-4-10(18)6-11(19)5-9/h4-8H,1-3H2,(H,20,21). The lowest BCUT2D eigenvalue weighted by molar-refractivity contribution is 0.102. The van der Waals surface area contributed by atoms with E-state index < -0.39 is 17.5 Å². The SMILES string of the molecule is O=C(Nc1cc2c(cc1Cl)OCCCO2)c1cc(F)cc(F)c1.